The molecule has 8 heteroatoms. The number of rotatable bonds is 5. The molecule has 3 aromatic carbocycles. The third-order valence-corrected chi connectivity index (χ3v) is 6.96. The largest absolute Gasteiger partial charge is 0.454 e. The summed E-state index contributed by atoms with van der Waals surface area (Å²) in [7, 11) is 1.57. The van der Waals surface area contributed by atoms with Gasteiger partial charge in [-0.05, 0) is 86.8 Å². The van der Waals surface area contributed by atoms with Crippen LogP contribution in [0, 0.1) is 5.82 Å². The fourth-order valence-electron chi connectivity index (χ4n) is 4.62. The first-order chi connectivity index (χ1) is 18.1. The Morgan fingerprint density at radius 2 is 1.68 bits per heavy atom. The van der Waals surface area contributed by atoms with Gasteiger partial charge in [0.2, 0.25) is 0 Å². The first-order valence-corrected chi connectivity index (χ1v) is 13.4. The van der Waals surface area contributed by atoms with Crippen LogP contribution >= 0.6 is 11.9 Å². The minimum absolute atomic E-state index is 0.162. The highest BCUT2D eigenvalue weighted by Gasteiger charge is 2.26. The van der Waals surface area contributed by atoms with Gasteiger partial charge in [-0.2, -0.15) is 0 Å². The number of furan rings is 1. The van der Waals surface area contributed by atoms with E-state index in [0.29, 0.717) is 33.4 Å². The van der Waals surface area contributed by atoms with Crippen LogP contribution in [0.2, 0.25) is 0 Å². The Morgan fingerprint density at radius 3 is 2.34 bits per heavy atom. The first-order valence-electron chi connectivity index (χ1n) is 12.2. The molecule has 194 valence electrons. The van der Waals surface area contributed by atoms with E-state index in [1.165, 1.54) is 24.1 Å². The zero-order valence-corrected chi connectivity index (χ0v) is 22.6. The van der Waals surface area contributed by atoms with Crippen molar-refractivity contribution in [2.75, 3.05) is 13.3 Å². The third-order valence-electron chi connectivity index (χ3n) is 6.27. The number of benzene rings is 3. The minimum atomic E-state index is -0.372. The van der Waals surface area contributed by atoms with E-state index in [-0.39, 0.29) is 23.2 Å². The van der Waals surface area contributed by atoms with Crippen LogP contribution in [-0.4, -0.2) is 34.6 Å². The number of aromatic nitrogens is 1. The number of hydrogen-bond donors (Lipinski definition) is 2. The maximum Gasteiger partial charge on any atom is 0.255 e. The Bertz CT molecular complexity index is 1690. The summed E-state index contributed by atoms with van der Waals surface area (Å²) in [6.07, 6.45) is 3.93. The van der Waals surface area contributed by atoms with Crippen LogP contribution in [0.15, 0.2) is 71.3 Å². The lowest BCUT2D eigenvalue weighted by Gasteiger charge is -2.20. The van der Waals surface area contributed by atoms with Crippen LogP contribution in [0.3, 0.4) is 0 Å². The number of nitrogens with one attached hydrogen (secondary N) is 2. The van der Waals surface area contributed by atoms with Crippen molar-refractivity contribution in [3.8, 4) is 22.5 Å². The summed E-state index contributed by atoms with van der Waals surface area (Å²) in [5.74, 6) is -0.475. The predicted octanol–water partition coefficient (Wildman–Crippen LogP) is 6.87. The van der Waals surface area contributed by atoms with Crippen LogP contribution in [-0.2, 0) is 0 Å². The number of fused-ring (bicyclic) bond motifs is 3. The van der Waals surface area contributed by atoms with Gasteiger partial charge in [0.25, 0.3) is 11.8 Å². The number of carbonyl (C=O) groups is 2. The number of halogens is 1. The Labute approximate surface area is 224 Å². The van der Waals surface area contributed by atoms with Crippen LogP contribution < -0.4 is 10.6 Å². The van der Waals surface area contributed by atoms with Gasteiger partial charge in [-0.1, -0.05) is 12.1 Å². The molecule has 5 rings (SSSR count). The normalized spacial score (nSPS) is 11.7. The second-order valence-electron chi connectivity index (χ2n) is 10.1. The molecule has 0 saturated carbocycles. The zero-order valence-electron chi connectivity index (χ0n) is 21.8. The second-order valence-corrected chi connectivity index (χ2v) is 10.8. The number of amides is 2. The molecule has 2 amide bonds. The van der Waals surface area contributed by atoms with E-state index in [2.05, 4.69) is 10.6 Å². The summed E-state index contributed by atoms with van der Waals surface area (Å²) in [6.45, 7) is 5.82. The smallest absolute Gasteiger partial charge is 0.255 e. The van der Waals surface area contributed by atoms with Crippen LogP contribution in [0.25, 0.3) is 44.3 Å². The molecule has 0 aliphatic heterocycles. The van der Waals surface area contributed by atoms with Crippen molar-refractivity contribution >= 4 is 45.6 Å². The molecular weight excluding hydrogens is 501 g/mol. The number of nitrogens with zero attached hydrogens (tertiary/aromatic N) is 1. The monoisotopic (exact) mass is 529 g/mol. The fourth-order valence-corrected chi connectivity index (χ4v) is 5.19. The van der Waals surface area contributed by atoms with Crippen molar-refractivity contribution in [2.24, 2.45) is 0 Å². The van der Waals surface area contributed by atoms with Gasteiger partial charge in [-0.15, -0.1) is 0 Å². The summed E-state index contributed by atoms with van der Waals surface area (Å²) in [6, 6.07) is 17.2. The van der Waals surface area contributed by atoms with Crippen LogP contribution in [0.1, 0.15) is 41.5 Å². The predicted molar refractivity (Wildman–Crippen MR) is 152 cm³/mol. The van der Waals surface area contributed by atoms with Crippen molar-refractivity contribution in [2.45, 2.75) is 26.3 Å². The molecule has 2 heterocycles. The Kier molecular flexibility index (Phi) is 6.53. The zero-order chi connectivity index (χ0) is 27.2. The van der Waals surface area contributed by atoms with Gasteiger partial charge in [0.1, 0.15) is 17.2 Å². The molecule has 0 bridgehead atoms. The van der Waals surface area contributed by atoms with Crippen molar-refractivity contribution in [1.29, 1.82) is 0 Å². The van der Waals surface area contributed by atoms with Crippen molar-refractivity contribution in [1.82, 2.24) is 14.6 Å². The minimum Gasteiger partial charge on any atom is -0.454 e. The van der Waals surface area contributed by atoms with E-state index in [4.69, 9.17) is 4.42 Å². The lowest BCUT2D eigenvalue weighted by Crippen LogP contribution is -2.40. The Hall–Kier alpha value is -4.04. The quantitative estimate of drug-likeness (QED) is 0.260. The molecule has 6 nitrogen and oxygen atoms in total. The average molecular weight is 530 g/mol. The van der Waals surface area contributed by atoms with Crippen molar-refractivity contribution in [3.63, 3.8) is 0 Å². The summed E-state index contributed by atoms with van der Waals surface area (Å²) < 4.78 is 22.0. The first kappa shape index (κ1) is 25.6. The van der Waals surface area contributed by atoms with Gasteiger partial charge in [-0.25, -0.2) is 4.39 Å². The topological polar surface area (TPSA) is 76.3 Å². The molecule has 0 aliphatic carbocycles. The highest BCUT2D eigenvalue weighted by atomic mass is 32.2. The lowest BCUT2D eigenvalue weighted by molar-refractivity contribution is 0.0918. The van der Waals surface area contributed by atoms with Gasteiger partial charge in [-0.3, -0.25) is 13.6 Å². The molecule has 0 saturated heterocycles. The van der Waals surface area contributed by atoms with E-state index in [9.17, 15) is 14.0 Å². The average Bonchev–Trinajstić information content (AvgIpc) is 3.49. The van der Waals surface area contributed by atoms with Gasteiger partial charge in [0.15, 0.2) is 0 Å². The highest BCUT2D eigenvalue weighted by molar-refractivity contribution is 7.97. The number of hydrogen-bond acceptors (Lipinski definition) is 4. The molecule has 0 radical (unpaired) electrons. The second kappa shape index (κ2) is 9.68. The van der Waals surface area contributed by atoms with Crippen LogP contribution in [0.5, 0.6) is 0 Å². The van der Waals surface area contributed by atoms with Gasteiger partial charge in [0.05, 0.1) is 11.1 Å². The van der Waals surface area contributed by atoms with E-state index >= 15 is 0 Å². The van der Waals surface area contributed by atoms with Gasteiger partial charge < -0.3 is 15.1 Å². The van der Waals surface area contributed by atoms with E-state index < -0.39 is 0 Å². The van der Waals surface area contributed by atoms with E-state index in [1.54, 1.807) is 25.2 Å². The van der Waals surface area contributed by atoms with E-state index in [1.807, 2.05) is 67.5 Å². The molecule has 0 aliphatic rings. The van der Waals surface area contributed by atoms with Crippen molar-refractivity contribution in [3.05, 3.63) is 83.8 Å². The molecule has 2 aromatic heterocycles. The van der Waals surface area contributed by atoms with Gasteiger partial charge in [0, 0.05) is 52.5 Å². The number of carbonyl (C=O) groups excluding carboxylic acids is 2. The Balaban J connectivity index is 1.80. The Morgan fingerprint density at radius 1 is 0.947 bits per heavy atom. The molecule has 0 spiro atoms. The van der Waals surface area contributed by atoms with Crippen LogP contribution in [0.4, 0.5) is 4.39 Å². The van der Waals surface area contributed by atoms with Crippen molar-refractivity contribution < 1.29 is 18.4 Å². The summed E-state index contributed by atoms with van der Waals surface area (Å²) >= 11 is 1.54. The van der Waals surface area contributed by atoms with Gasteiger partial charge >= 0.3 is 0 Å². The summed E-state index contributed by atoms with van der Waals surface area (Å²) in [5, 5.41) is 7.19. The maximum atomic E-state index is 13.7. The standard InChI is InChI=1S/C30H28FN3O3S/c1-30(2,3)33-28(35)19-8-6-7-18(15-19)22-16-23-24(29(36)32-4)26(17-9-11-20(31)12-10-17)37-27(23)21-13-14-34(38-5)25(21)22/h6-16H,1-5H3,(H,32,36)(H,33,35). The summed E-state index contributed by atoms with van der Waals surface area (Å²) in [4.78, 5) is 26.1. The maximum absolute atomic E-state index is 13.7. The molecule has 2 N–H and O–H groups in total. The third kappa shape index (κ3) is 4.56. The summed E-state index contributed by atoms with van der Waals surface area (Å²) in [5.41, 5.74) is 4.30. The molecule has 38 heavy (non-hydrogen) atoms. The molecule has 0 fully saturated rings. The molecular formula is C30H28FN3O3S. The SMILES string of the molecule is CNC(=O)c1c(-c2ccc(F)cc2)oc2c1cc(-c1cccc(C(=O)NC(C)(C)C)c1)c1c2ccn1SC. The molecule has 0 unspecified atom stereocenters. The molecule has 0 atom stereocenters. The molecule has 5 aromatic rings. The van der Waals surface area contributed by atoms with E-state index in [0.717, 1.165) is 22.0 Å². The highest BCUT2D eigenvalue weighted by Crippen LogP contribution is 2.43. The lowest BCUT2D eigenvalue weighted by atomic mass is 9.96. The fraction of sp³-hybridized carbons (Fsp3) is 0.200.